The van der Waals surface area contributed by atoms with Gasteiger partial charge in [0.05, 0.1) is 19.2 Å². The van der Waals surface area contributed by atoms with Crippen molar-refractivity contribution >= 4 is 5.84 Å². The second kappa shape index (κ2) is 10.4. The predicted molar refractivity (Wildman–Crippen MR) is 115 cm³/mol. The van der Waals surface area contributed by atoms with Crippen molar-refractivity contribution in [3.05, 3.63) is 58.7 Å². The Kier molecular flexibility index (Phi) is 8.27. The van der Waals surface area contributed by atoms with Crippen molar-refractivity contribution in [3.8, 4) is 0 Å². The standard InChI is InChI=1S/C24H36FN2/c1-6-14-27-16-15-26(5)24(27)23-13-8-7-12-22(23)21(4)11-9-10-19(2)17-20(3)18-25/h7-8,10,12-13,17,21H,6,9,11,14-16,18H2,1-5H3/q+1/b19-10-,20-17-. The van der Waals surface area contributed by atoms with Gasteiger partial charge >= 0.3 is 0 Å². The molecule has 0 aromatic heterocycles. The number of amidine groups is 1. The first-order valence-electron chi connectivity index (χ1n) is 10.3. The molecular weight excluding hydrogens is 335 g/mol. The Morgan fingerprint density at radius 2 is 2.04 bits per heavy atom. The summed E-state index contributed by atoms with van der Waals surface area (Å²) in [5.74, 6) is 1.87. The Bertz CT molecular complexity index is 715. The number of rotatable bonds is 9. The normalized spacial score (nSPS) is 17.0. The maximum absolute atomic E-state index is 12.6. The highest BCUT2D eigenvalue weighted by atomic mass is 19.1. The van der Waals surface area contributed by atoms with Gasteiger partial charge < -0.3 is 0 Å². The Morgan fingerprint density at radius 1 is 1.30 bits per heavy atom. The first-order chi connectivity index (χ1) is 13.0. The molecule has 0 aliphatic carbocycles. The van der Waals surface area contributed by atoms with Gasteiger partial charge in [0.2, 0.25) is 0 Å². The summed E-state index contributed by atoms with van der Waals surface area (Å²) in [4.78, 5) is 2.53. The maximum atomic E-state index is 12.6. The van der Waals surface area contributed by atoms with E-state index in [9.17, 15) is 4.39 Å². The van der Waals surface area contributed by atoms with Crippen molar-refractivity contribution in [1.29, 1.82) is 0 Å². The number of nitrogens with zero attached hydrogens (tertiary/aromatic N) is 2. The minimum Gasteiger partial charge on any atom is -0.260 e. The Hall–Kier alpha value is -1.90. The van der Waals surface area contributed by atoms with Crippen LogP contribution in [0.1, 0.15) is 64.0 Å². The molecule has 2 nitrogen and oxygen atoms in total. The first-order valence-corrected chi connectivity index (χ1v) is 10.3. The number of benzene rings is 1. The van der Waals surface area contributed by atoms with Crippen LogP contribution in [-0.4, -0.2) is 48.7 Å². The molecule has 0 spiro atoms. The molecule has 0 radical (unpaired) electrons. The molecule has 0 fully saturated rings. The summed E-state index contributed by atoms with van der Waals surface area (Å²) < 4.78 is 15.0. The number of allylic oxidation sites excluding steroid dienone is 4. The molecule has 1 aliphatic heterocycles. The molecular formula is C24H36FN2+. The van der Waals surface area contributed by atoms with E-state index in [1.165, 1.54) is 23.4 Å². The molecule has 2 rings (SSSR count). The lowest BCUT2D eigenvalue weighted by Gasteiger charge is -2.18. The van der Waals surface area contributed by atoms with Crippen LogP contribution in [0.25, 0.3) is 0 Å². The molecule has 0 saturated heterocycles. The molecule has 1 atom stereocenters. The third-order valence-electron chi connectivity index (χ3n) is 5.34. The highest BCUT2D eigenvalue weighted by Crippen LogP contribution is 2.27. The molecule has 3 heteroatoms. The molecule has 1 aromatic rings. The summed E-state index contributed by atoms with van der Waals surface area (Å²) in [5.41, 5.74) is 4.76. The highest BCUT2D eigenvalue weighted by molar-refractivity contribution is 5.97. The lowest BCUT2D eigenvalue weighted by Crippen LogP contribution is -2.31. The van der Waals surface area contributed by atoms with Gasteiger partial charge in [-0.15, -0.1) is 0 Å². The number of halogens is 1. The minimum absolute atomic E-state index is 0.366. The highest BCUT2D eigenvalue weighted by Gasteiger charge is 2.31. The Balaban J connectivity index is 2.15. The Morgan fingerprint density at radius 3 is 2.74 bits per heavy atom. The molecule has 148 valence electrons. The molecule has 1 aromatic carbocycles. The van der Waals surface area contributed by atoms with Crippen molar-refractivity contribution in [2.75, 3.05) is 33.4 Å². The zero-order valence-electron chi connectivity index (χ0n) is 17.8. The summed E-state index contributed by atoms with van der Waals surface area (Å²) in [7, 11) is 2.21. The third kappa shape index (κ3) is 5.79. The molecule has 0 amide bonds. The molecule has 0 bridgehead atoms. The lowest BCUT2D eigenvalue weighted by molar-refractivity contribution is -0.486. The van der Waals surface area contributed by atoms with Gasteiger partial charge in [-0.1, -0.05) is 49.8 Å². The van der Waals surface area contributed by atoms with E-state index in [-0.39, 0.29) is 6.67 Å². The predicted octanol–water partition coefficient (Wildman–Crippen LogP) is 5.55. The summed E-state index contributed by atoms with van der Waals surface area (Å²) in [6.45, 7) is 11.4. The van der Waals surface area contributed by atoms with Crippen molar-refractivity contribution in [1.82, 2.24) is 4.90 Å². The van der Waals surface area contributed by atoms with E-state index < -0.39 is 0 Å². The van der Waals surface area contributed by atoms with Gasteiger partial charge in [-0.25, -0.2) is 4.39 Å². The van der Waals surface area contributed by atoms with Gasteiger partial charge in [-0.3, -0.25) is 9.48 Å². The number of hydrogen-bond donors (Lipinski definition) is 0. The van der Waals surface area contributed by atoms with Crippen LogP contribution in [0, 0.1) is 0 Å². The van der Waals surface area contributed by atoms with Gasteiger partial charge in [0.15, 0.2) is 0 Å². The topological polar surface area (TPSA) is 6.25 Å². The second-order valence-corrected chi connectivity index (χ2v) is 7.87. The summed E-state index contributed by atoms with van der Waals surface area (Å²) in [6.07, 6.45) is 7.47. The summed E-state index contributed by atoms with van der Waals surface area (Å²) in [6, 6.07) is 8.87. The fraction of sp³-hybridized carbons (Fsp3) is 0.542. The average molecular weight is 372 g/mol. The largest absolute Gasteiger partial charge is 0.279 e. The molecule has 1 aliphatic rings. The number of alkyl halides is 1. The lowest BCUT2D eigenvalue weighted by atomic mass is 9.91. The van der Waals surface area contributed by atoms with Crippen molar-refractivity contribution in [2.45, 2.75) is 52.9 Å². The van der Waals surface area contributed by atoms with Crippen LogP contribution in [0.15, 0.2) is 47.6 Å². The third-order valence-corrected chi connectivity index (χ3v) is 5.34. The molecule has 27 heavy (non-hydrogen) atoms. The monoisotopic (exact) mass is 371 g/mol. The van der Waals surface area contributed by atoms with E-state index in [0.717, 1.165) is 43.6 Å². The van der Waals surface area contributed by atoms with Crippen LogP contribution < -0.4 is 0 Å². The second-order valence-electron chi connectivity index (χ2n) is 7.87. The zero-order valence-corrected chi connectivity index (χ0v) is 17.8. The zero-order chi connectivity index (χ0) is 19.8. The molecule has 0 N–H and O–H groups in total. The number of hydrogen-bond acceptors (Lipinski definition) is 1. The maximum Gasteiger partial charge on any atom is 0.279 e. The van der Waals surface area contributed by atoms with Crippen LogP contribution in [0.5, 0.6) is 0 Å². The van der Waals surface area contributed by atoms with Crippen LogP contribution in [-0.2, 0) is 0 Å². The van der Waals surface area contributed by atoms with Gasteiger partial charge in [0, 0.05) is 0 Å². The van der Waals surface area contributed by atoms with Crippen molar-refractivity contribution in [2.24, 2.45) is 0 Å². The summed E-state index contributed by atoms with van der Waals surface area (Å²) >= 11 is 0. The van der Waals surface area contributed by atoms with Crippen molar-refractivity contribution in [3.63, 3.8) is 0 Å². The van der Waals surface area contributed by atoms with E-state index in [0.29, 0.717) is 5.92 Å². The summed E-state index contributed by atoms with van der Waals surface area (Å²) in [5, 5.41) is 0. The minimum atomic E-state index is -0.366. The van der Waals surface area contributed by atoms with Gasteiger partial charge in [0.25, 0.3) is 5.84 Å². The molecule has 1 heterocycles. The van der Waals surface area contributed by atoms with Gasteiger partial charge in [0.1, 0.15) is 19.8 Å². The van der Waals surface area contributed by atoms with Crippen LogP contribution in [0.4, 0.5) is 4.39 Å². The van der Waals surface area contributed by atoms with E-state index >= 15 is 0 Å². The van der Waals surface area contributed by atoms with Gasteiger partial charge in [-0.2, -0.15) is 0 Å². The SMILES string of the molecule is CCCN1CC[N+](C)=C1c1ccccc1C(C)CC/C=C(C)\C=C(\C)CF. The molecule has 1 unspecified atom stereocenters. The van der Waals surface area contributed by atoms with E-state index in [4.69, 9.17) is 0 Å². The fourth-order valence-corrected chi connectivity index (χ4v) is 3.92. The van der Waals surface area contributed by atoms with E-state index in [1.54, 1.807) is 0 Å². The first kappa shape index (κ1) is 21.4. The Labute approximate surface area is 165 Å². The van der Waals surface area contributed by atoms with Crippen LogP contribution in [0.3, 0.4) is 0 Å². The smallest absolute Gasteiger partial charge is 0.260 e. The van der Waals surface area contributed by atoms with Gasteiger partial charge in [-0.05, 0) is 56.2 Å². The van der Waals surface area contributed by atoms with Crippen LogP contribution >= 0.6 is 0 Å². The quantitative estimate of drug-likeness (QED) is 0.408. The van der Waals surface area contributed by atoms with Crippen molar-refractivity contribution < 1.29 is 8.97 Å². The van der Waals surface area contributed by atoms with Crippen LogP contribution in [0.2, 0.25) is 0 Å². The molecule has 0 saturated carbocycles. The fourth-order valence-electron chi connectivity index (χ4n) is 3.92. The van der Waals surface area contributed by atoms with E-state index in [2.05, 4.69) is 67.6 Å². The number of likely N-dealkylation sites (N-methyl/N-ethyl adjacent to an activating group) is 1. The van der Waals surface area contributed by atoms with E-state index in [1.807, 2.05) is 13.0 Å². The average Bonchev–Trinajstić information content (AvgIpc) is 3.02.